The molecule has 0 bridgehead atoms. The Morgan fingerprint density at radius 2 is 2.00 bits per heavy atom. The zero-order valence-corrected chi connectivity index (χ0v) is 12.2. The summed E-state index contributed by atoms with van der Waals surface area (Å²) in [6.45, 7) is 4.46. The highest BCUT2D eigenvalue weighted by Gasteiger charge is 2.10. The van der Waals surface area contributed by atoms with Gasteiger partial charge in [0.1, 0.15) is 10.6 Å². The highest BCUT2D eigenvalue weighted by atomic mass is 32.1. The third-order valence-electron chi connectivity index (χ3n) is 2.65. The molecule has 1 aromatic heterocycles. The van der Waals surface area contributed by atoms with Crippen molar-refractivity contribution in [2.45, 2.75) is 26.5 Å². The van der Waals surface area contributed by atoms with Gasteiger partial charge in [0.05, 0.1) is 6.10 Å². The number of carbonyl (C=O) groups is 1. The van der Waals surface area contributed by atoms with Crippen molar-refractivity contribution in [3.63, 3.8) is 0 Å². The van der Waals surface area contributed by atoms with Crippen LogP contribution in [0.3, 0.4) is 0 Å². The van der Waals surface area contributed by atoms with Gasteiger partial charge < -0.3 is 15.2 Å². The summed E-state index contributed by atoms with van der Waals surface area (Å²) < 4.78 is 5.57. The Morgan fingerprint density at radius 3 is 2.60 bits per heavy atom. The van der Waals surface area contributed by atoms with Crippen LogP contribution >= 0.6 is 11.3 Å². The van der Waals surface area contributed by atoms with Crippen molar-refractivity contribution in [1.29, 1.82) is 0 Å². The predicted octanol–water partition coefficient (Wildman–Crippen LogP) is 3.85. The Balaban J connectivity index is 1.97. The molecule has 1 heterocycles. The number of carboxylic acids is 1. The summed E-state index contributed by atoms with van der Waals surface area (Å²) in [6, 6.07) is 9.47. The first-order valence-electron chi connectivity index (χ1n) is 6.36. The molecule has 0 unspecified atom stereocenters. The van der Waals surface area contributed by atoms with E-state index < -0.39 is 5.97 Å². The molecule has 2 rings (SSSR count). The summed E-state index contributed by atoms with van der Waals surface area (Å²) in [4.78, 5) is 11.4. The van der Waals surface area contributed by atoms with Gasteiger partial charge in [-0.15, -0.1) is 11.3 Å². The van der Waals surface area contributed by atoms with Gasteiger partial charge in [0.25, 0.3) is 0 Å². The van der Waals surface area contributed by atoms with Gasteiger partial charge in [-0.3, -0.25) is 0 Å². The molecule has 1 aromatic carbocycles. The van der Waals surface area contributed by atoms with E-state index in [9.17, 15) is 4.79 Å². The number of aromatic carboxylic acids is 1. The lowest BCUT2D eigenvalue weighted by molar-refractivity contribution is 0.0701. The number of thiophene rings is 1. The average molecular weight is 291 g/mol. The van der Waals surface area contributed by atoms with Crippen LogP contribution in [-0.4, -0.2) is 17.2 Å². The maximum atomic E-state index is 11.0. The molecule has 20 heavy (non-hydrogen) atoms. The lowest BCUT2D eigenvalue weighted by atomic mass is 10.2. The van der Waals surface area contributed by atoms with Crippen molar-refractivity contribution < 1.29 is 14.6 Å². The number of hydrogen-bond acceptors (Lipinski definition) is 4. The van der Waals surface area contributed by atoms with Crippen LogP contribution in [0.4, 0.5) is 5.69 Å². The molecule has 0 aliphatic rings. The fourth-order valence-electron chi connectivity index (χ4n) is 1.78. The molecule has 2 N–H and O–H groups in total. The number of benzene rings is 1. The topological polar surface area (TPSA) is 58.6 Å². The summed E-state index contributed by atoms with van der Waals surface area (Å²) in [6.07, 6.45) is 0.151. The second-order valence-corrected chi connectivity index (χ2v) is 5.54. The molecular weight excluding hydrogens is 274 g/mol. The number of carboxylic acid groups (broad SMARTS) is 1. The smallest absolute Gasteiger partial charge is 0.346 e. The third kappa shape index (κ3) is 3.74. The second kappa shape index (κ2) is 6.43. The third-order valence-corrected chi connectivity index (χ3v) is 3.59. The molecule has 0 saturated carbocycles. The summed E-state index contributed by atoms with van der Waals surface area (Å²) in [7, 11) is 0. The molecule has 0 aliphatic heterocycles. The fraction of sp³-hybridized carbons (Fsp3) is 0.267. The van der Waals surface area contributed by atoms with Crippen molar-refractivity contribution in [1.82, 2.24) is 0 Å². The van der Waals surface area contributed by atoms with E-state index in [1.54, 1.807) is 5.38 Å². The summed E-state index contributed by atoms with van der Waals surface area (Å²) in [5, 5.41) is 14.0. The predicted molar refractivity (Wildman–Crippen MR) is 80.8 cm³/mol. The minimum absolute atomic E-state index is 0.151. The largest absolute Gasteiger partial charge is 0.491 e. The molecule has 0 fully saturated rings. The van der Waals surface area contributed by atoms with E-state index in [2.05, 4.69) is 5.32 Å². The zero-order chi connectivity index (χ0) is 14.5. The van der Waals surface area contributed by atoms with Gasteiger partial charge in [0, 0.05) is 12.2 Å². The zero-order valence-electron chi connectivity index (χ0n) is 11.4. The standard InChI is InChI=1S/C15H17NO3S/c1-10(2)19-13-5-3-12(4-6-13)16-9-11-7-8-20-14(11)15(17)18/h3-8,10,16H,9H2,1-2H3,(H,17,18). The van der Waals surface area contributed by atoms with Crippen LogP contribution in [0.1, 0.15) is 29.1 Å². The normalized spacial score (nSPS) is 10.6. The van der Waals surface area contributed by atoms with Gasteiger partial charge in [-0.1, -0.05) is 0 Å². The number of rotatable bonds is 6. The van der Waals surface area contributed by atoms with Gasteiger partial charge in [-0.05, 0) is 55.1 Å². The van der Waals surface area contributed by atoms with Gasteiger partial charge in [-0.25, -0.2) is 4.79 Å². The van der Waals surface area contributed by atoms with Crippen molar-refractivity contribution in [2.24, 2.45) is 0 Å². The Labute approximate surface area is 122 Å². The molecule has 0 saturated heterocycles. The maximum absolute atomic E-state index is 11.0. The summed E-state index contributed by atoms with van der Waals surface area (Å²) >= 11 is 1.24. The first kappa shape index (κ1) is 14.4. The fourth-order valence-corrected chi connectivity index (χ4v) is 2.54. The van der Waals surface area contributed by atoms with Gasteiger partial charge >= 0.3 is 5.97 Å². The maximum Gasteiger partial charge on any atom is 0.346 e. The SMILES string of the molecule is CC(C)Oc1ccc(NCc2ccsc2C(=O)O)cc1. The van der Waals surface area contributed by atoms with Crippen LogP contribution in [0.25, 0.3) is 0 Å². The van der Waals surface area contributed by atoms with E-state index in [1.165, 1.54) is 11.3 Å². The van der Waals surface area contributed by atoms with Crippen molar-refractivity contribution >= 4 is 23.0 Å². The second-order valence-electron chi connectivity index (χ2n) is 4.62. The lowest BCUT2D eigenvalue weighted by Crippen LogP contribution is -2.06. The van der Waals surface area contributed by atoms with Crippen LogP contribution in [0.15, 0.2) is 35.7 Å². The van der Waals surface area contributed by atoms with Crippen molar-refractivity contribution in [3.05, 3.63) is 46.2 Å². The Morgan fingerprint density at radius 1 is 1.30 bits per heavy atom. The molecule has 0 amide bonds. The van der Waals surface area contributed by atoms with Gasteiger partial charge in [-0.2, -0.15) is 0 Å². The van der Waals surface area contributed by atoms with Crippen molar-refractivity contribution in [3.8, 4) is 5.75 Å². The summed E-state index contributed by atoms with van der Waals surface area (Å²) in [5.41, 5.74) is 1.73. The first-order valence-corrected chi connectivity index (χ1v) is 7.24. The monoisotopic (exact) mass is 291 g/mol. The number of hydrogen-bond donors (Lipinski definition) is 2. The van der Waals surface area contributed by atoms with Crippen LogP contribution < -0.4 is 10.1 Å². The molecule has 4 nitrogen and oxygen atoms in total. The molecule has 0 atom stereocenters. The molecule has 2 aromatic rings. The molecule has 0 radical (unpaired) electrons. The Hall–Kier alpha value is -2.01. The van der Waals surface area contributed by atoms with Crippen LogP contribution in [-0.2, 0) is 6.54 Å². The Kier molecular flexibility index (Phi) is 4.63. The number of nitrogens with one attached hydrogen (secondary N) is 1. The number of anilines is 1. The summed E-state index contributed by atoms with van der Waals surface area (Å²) in [5.74, 6) is -0.0511. The van der Waals surface area contributed by atoms with Crippen LogP contribution in [0, 0.1) is 0 Å². The molecule has 5 heteroatoms. The van der Waals surface area contributed by atoms with Crippen LogP contribution in [0.2, 0.25) is 0 Å². The lowest BCUT2D eigenvalue weighted by Gasteiger charge is -2.11. The minimum atomic E-state index is -0.877. The molecular formula is C15H17NO3S. The minimum Gasteiger partial charge on any atom is -0.491 e. The molecule has 106 valence electrons. The van der Waals surface area contributed by atoms with Gasteiger partial charge in [0.2, 0.25) is 0 Å². The molecule has 0 aliphatic carbocycles. The first-order chi connectivity index (χ1) is 9.56. The van der Waals surface area contributed by atoms with Crippen LogP contribution in [0.5, 0.6) is 5.75 Å². The van der Waals surface area contributed by atoms with E-state index in [0.29, 0.717) is 11.4 Å². The molecule has 0 spiro atoms. The van der Waals surface area contributed by atoms with Crippen molar-refractivity contribution in [2.75, 3.05) is 5.32 Å². The van der Waals surface area contributed by atoms with E-state index in [4.69, 9.17) is 9.84 Å². The van der Waals surface area contributed by atoms with E-state index in [0.717, 1.165) is 17.0 Å². The van der Waals surface area contributed by atoms with E-state index in [-0.39, 0.29) is 6.10 Å². The highest BCUT2D eigenvalue weighted by molar-refractivity contribution is 7.12. The Bertz CT molecular complexity index is 575. The van der Waals surface area contributed by atoms with E-state index >= 15 is 0 Å². The number of ether oxygens (including phenoxy) is 1. The average Bonchev–Trinajstić information content (AvgIpc) is 2.86. The van der Waals surface area contributed by atoms with Gasteiger partial charge in [0.15, 0.2) is 0 Å². The quantitative estimate of drug-likeness (QED) is 0.849. The highest BCUT2D eigenvalue weighted by Crippen LogP contribution is 2.20. The van der Waals surface area contributed by atoms with E-state index in [1.807, 2.05) is 44.2 Å².